The summed E-state index contributed by atoms with van der Waals surface area (Å²) in [5.74, 6) is -1.06. The van der Waals surface area contributed by atoms with Gasteiger partial charge in [-0.3, -0.25) is 34.9 Å². The lowest BCUT2D eigenvalue weighted by Crippen LogP contribution is -2.43. The van der Waals surface area contributed by atoms with Gasteiger partial charge in [-0.25, -0.2) is 0 Å². The number of hydrazine groups is 1. The Bertz CT molecular complexity index is 1110. The zero-order valence-electron chi connectivity index (χ0n) is 19.5. The minimum absolute atomic E-state index is 0.0220. The zero-order chi connectivity index (χ0) is 24.9. The van der Waals surface area contributed by atoms with Gasteiger partial charge < -0.3 is 4.74 Å². The van der Waals surface area contributed by atoms with E-state index in [9.17, 15) is 19.2 Å². The van der Waals surface area contributed by atoms with Crippen molar-refractivity contribution in [2.45, 2.75) is 45.6 Å². The van der Waals surface area contributed by atoms with Crippen molar-refractivity contribution in [1.82, 2.24) is 15.8 Å². The van der Waals surface area contributed by atoms with Crippen molar-refractivity contribution < 1.29 is 23.9 Å². The number of ether oxygens (including phenoxy) is 1. The molecule has 1 heterocycles. The van der Waals surface area contributed by atoms with E-state index in [1.54, 1.807) is 36.4 Å². The Labute approximate surface area is 208 Å². The van der Waals surface area contributed by atoms with E-state index in [0.29, 0.717) is 22.9 Å². The smallest absolute Gasteiger partial charge is 0.269 e. The summed E-state index contributed by atoms with van der Waals surface area (Å²) in [5.41, 5.74) is 6.88. The molecule has 0 spiro atoms. The van der Waals surface area contributed by atoms with Crippen molar-refractivity contribution in [2.24, 2.45) is 11.8 Å². The summed E-state index contributed by atoms with van der Waals surface area (Å²) in [4.78, 5) is 50.7. The number of carbonyl (C=O) groups is 4. The van der Waals surface area contributed by atoms with Crippen molar-refractivity contribution in [3.05, 3.63) is 64.2 Å². The summed E-state index contributed by atoms with van der Waals surface area (Å²) in [6.45, 7) is 2.25. The number of benzene rings is 2. The molecule has 1 saturated carbocycles. The van der Waals surface area contributed by atoms with Crippen LogP contribution in [0, 0.1) is 18.8 Å². The molecule has 2 unspecified atom stereocenters. The zero-order valence-corrected chi connectivity index (χ0v) is 20.3. The van der Waals surface area contributed by atoms with Gasteiger partial charge in [-0.1, -0.05) is 36.6 Å². The van der Waals surface area contributed by atoms with Crippen LogP contribution in [-0.4, -0.2) is 35.1 Å². The molecule has 2 aliphatic rings. The highest BCUT2D eigenvalue weighted by atomic mass is 35.5. The van der Waals surface area contributed by atoms with Crippen LogP contribution in [0.3, 0.4) is 0 Å². The Morgan fingerprint density at radius 3 is 2.29 bits per heavy atom. The summed E-state index contributed by atoms with van der Waals surface area (Å²) in [5, 5.41) is 0.676. The van der Waals surface area contributed by atoms with Gasteiger partial charge in [0, 0.05) is 23.6 Å². The minimum Gasteiger partial charge on any atom is -0.489 e. The number of imide groups is 1. The van der Waals surface area contributed by atoms with Crippen LogP contribution >= 0.6 is 11.6 Å². The van der Waals surface area contributed by atoms with Crippen molar-refractivity contribution in [2.75, 3.05) is 6.54 Å². The summed E-state index contributed by atoms with van der Waals surface area (Å²) < 4.78 is 5.75. The standard InChI is InChI=1S/C26H28ClN3O5/c1-16-14-19(10-11-22(16)27)35-15-17-6-8-18(9-7-17)24(32)29-28-23(31)12-13-30-25(33)20-4-2-3-5-21(20)26(30)34/h6-11,14,20-21H,2-5,12-13,15H2,1H3,(H,28,31)(H,29,32). The number of fused-ring (bicyclic) bond motifs is 1. The molecule has 2 fully saturated rings. The lowest BCUT2D eigenvalue weighted by Gasteiger charge is -2.19. The fourth-order valence-corrected chi connectivity index (χ4v) is 4.67. The largest absolute Gasteiger partial charge is 0.489 e. The topological polar surface area (TPSA) is 105 Å². The normalized spacial score (nSPS) is 19.3. The van der Waals surface area contributed by atoms with Gasteiger partial charge >= 0.3 is 0 Å². The molecule has 2 aromatic rings. The molecule has 1 aliphatic carbocycles. The fraction of sp³-hybridized carbons (Fsp3) is 0.385. The quantitative estimate of drug-likeness (QED) is 0.449. The highest BCUT2D eigenvalue weighted by Crippen LogP contribution is 2.37. The van der Waals surface area contributed by atoms with Crippen LogP contribution in [0.5, 0.6) is 5.75 Å². The van der Waals surface area contributed by atoms with Crippen molar-refractivity contribution >= 4 is 35.2 Å². The molecule has 2 aromatic carbocycles. The molecule has 1 saturated heterocycles. The Kier molecular flexibility index (Phi) is 7.70. The van der Waals surface area contributed by atoms with Gasteiger partial charge in [-0.2, -0.15) is 0 Å². The number of hydrogen-bond acceptors (Lipinski definition) is 5. The van der Waals surface area contributed by atoms with Gasteiger partial charge in [0.25, 0.3) is 5.91 Å². The first-order valence-electron chi connectivity index (χ1n) is 11.8. The summed E-state index contributed by atoms with van der Waals surface area (Å²) in [7, 11) is 0. The van der Waals surface area contributed by atoms with Crippen LogP contribution in [0.15, 0.2) is 42.5 Å². The number of rotatable bonds is 7. The third-order valence-corrected chi connectivity index (χ3v) is 6.99. The Morgan fingerprint density at radius 2 is 1.66 bits per heavy atom. The second-order valence-corrected chi connectivity index (χ2v) is 9.38. The molecule has 9 heteroatoms. The number of likely N-dealkylation sites (tertiary alicyclic amines) is 1. The van der Waals surface area contributed by atoms with Crippen molar-refractivity contribution in [3.63, 3.8) is 0 Å². The van der Waals surface area contributed by atoms with Gasteiger partial charge in [-0.05, 0) is 61.2 Å². The maximum Gasteiger partial charge on any atom is 0.269 e. The number of aryl methyl sites for hydroxylation is 1. The number of nitrogens with zero attached hydrogens (tertiary/aromatic N) is 1. The van der Waals surface area contributed by atoms with Crippen LogP contribution in [0.1, 0.15) is 53.6 Å². The average molecular weight is 498 g/mol. The average Bonchev–Trinajstić information content (AvgIpc) is 3.11. The van der Waals surface area contributed by atoms with Crippen LogP contribution in [-0.2, 0) is 21.0 Å². The number of carbonyl (C=O) groups excluding carboxylic acids is 4. The maximum absolute atomic E-state index is 12.5. The van der Waals surface area contributed by atoms with E-state index < -0.39 is 11.8 Å². The molecule has 4 rings (SSSR count). The van der Waals surface area contributed by atoms with E-state index >= 15 is 0 Å². The number of halogens is 1. The highest BCUT2D eigenvalue weighted by molar-refractivity contribution is 6.31. The lowest BCUT2D eigenvalue weighted by atomic mass is 9.81. The first-order valence-corrected chi connectivity index (χ1v) is 12.1. The molecule has 184 valence electrons. The Morgan fingerprint density at radius 1 is 1.00 bits per heavy atom. The molecular weight excluding hydrogens is 470 g/mol. The summed E-state index contributed by atoms with van der Waals surface area (Å²) in [6.07, 6.45) is 3.31. The van der Waals surface area contributed by atoms with Gasteiger partial charge in [-0.15, -0.1) is 0 Å². The number of hydrogen-bond donors (Lipinski definition) is 2. The van der Waals surface area contributed by atoms with E-state index in [1.807, 2.05) is 13.0 Å². The van der Waals surface area contributed by atoms with Gasteiger partial charge in [0.05, 0.1) is 11.8 Å². The molecule has 4 amide bonds. The molecule has 2 N–H and O–H groups in total. The molecular formula is C26H28ClN3O5. The monoisotopic (exact) mass is 497 g/mol. The van der Waals surface area contributed by atoms with E-state index in [2.05, 4.69) is 10.9 Å². The van der Waals surface area contributed by atoms with Crippen LogP contribution in [0.25, 0.3) is 0 Å². The SMILES string of the molecule is Cc1cc(OCc2ccc(C(=O)NNC(=O)CCN3C(=O)C4CCCCC4C3=O)cc2)ccc1Cl. The molecule has 0 radical (unpaired) electrons. The fourth-order valence-electron chi connectivity index (χ4n) is 4.55. The Hall–Kier alpha value is -3.39. The second kappa shape index (κ2) is 10.9. The van der Waals surface area contributed by atoms with Gasteiger partial charge in [0.15, 0.2) is 0 Å². The molecule has 35 heavy (non-hydrogen) atoms. The second-order valence-electron chi connectivity index (χ2n) is 8.97. The van der Waals surface area contributed by atoms with Crippen molar-refractivity contribution in [1.29, 1.82) is 0 Å². The first-order chi connectivity index (χ1) is 16.8. The lowest BCUT2D eigenvalue weighted by molar-refractivity contribution is -0.140. The summed E-state index contributed by atoms with van der Waals surface area (Å²) >= 11 is 6.02. The van der Waals surface area contributed by atoms with Gasteiger partial charge in [0.2, 0.25) is 17.7 Å². The first kappa shape index (κ1) is 24.7. The van der Waals surface area contributed by atoms with Crippen molar-refractivity contribution in [3.8, 4) is 5.75 Å². The van der Waals surface area contributed by atoms with E-state index in [0.717, 1.165) is 36.8 Å². The molecule has 0 aromatic heterocycles. The summed E-state index contributed by atoms with van der Waals surface area (Å²) in [6, 6.07) is 12.2. The van der Waals surface area contributed by atoms with E-state index in [-0.39, 0.29) is 36.6 Å². The number of nitrogens with one attached hydrogen (secondary N) is 2. The van der Waals surface area contributed by atoms with E-state index in [4.69, 9.17) is 16.3 Å². The maximum atomic E-state index is 12.5. The predicted octanol–water partition coefficient (Wildman–Crippen LogP) is 3.55. The molecule has 1 aliphatic heterocycles. The Balaban J connectivity index is 1.21. The number of amides is 4. The predicted molar refractivity (Wildman–Crippen MR) is 129 cm³/mol. The molecule has 8 nitrogen and oxygen atoms in total. The highest BCUT2D eigenvalue weighted by Gasteiger charge is 2.47. The molecule has 2 atom stereocenters. The minimum atomic E-state index is -0.475. The van der Waals surface area contributed by atoms with E-state index in [1.165, 1.54) is 4.90 Å². The van der Waals surface area contributed by atoms with Gasteiger partial charge in [0.1, 0.15) is 12.4 Å². The molecule has 0 bridgehead atoms. The third-order valence-electron chi connectivity index (χ3n) is 6.56. The third kappa shape index (κ3) is 5.82. The van der Waals surface area contributed by atoms with Crippen LogP contribution in [0.2, 0.25) is 5.02 Å². The van der Waals surface area contributed by atoms with Crippen LogP contribution in [0.4, 0.5) is 0 Å². The van der Waals surface area contributed by atoms with Crippen LogP contribution < -0.4 is 15.6 Å².